The molecule has 0 bridgehead atoms. The largest absolute Gasteiger partial charge is 0.388 e. The van der Waals surface area contributed by atoms with E-state index in [9.17, 15) is 19.8 Å². The number of aliphatic hydroxyl groups is 2. The van der Waals surface area contributed by atoms with Crippen LogP contribution in [-0.4, -0.2) is 34.0 Å². The molecule has 4 heteroatoms. The predicted molar refractivity (Wildman–Crippen MR) is 112 cm³/mol. The van der Waals surface area contributed by atoms with Crippen molar-refractivity contribution in [3.8, 4) is 0 Å². The van der Waals surface area contributed by atoms with Gasteiger partial charge >= 0.3 is 0 Å². The van der Waals surface area contributed by atoms with E-state index in [0.717, 1.165) is 38.5 Å². The van der Waals surface area contributed by atoms with E-state index in [1.54, 1.807) is 12.2 Å². The summed E-state index contributed by atoms with van der Waals surface area (Å²) in [6.45, 7) is 5.80. The minimum atomic E-state index is -1.46. The molecule has 0 heterocycles. The maximum Gasteiger partial charge on any atom is 0.190 e. The number of Topliss-reactive ketones (excluding diaryl/α,β-unsaturated/α-hetero) is 1. The molecule has 158 valence electrons. The quantitative estimate of drug-likeness (QED) is 0.688. The number of hydrogen-bond acceptors (Lipinski definition) is 4. The second-order valence-corrected chi connectivity index (χ2v) is 10.1. The third kappa shape index (κ3) is 2.71. The molecule has 0 aromatic carbocycles. The SMILES string of the molecule is CCCC[C@H]1C[C@H]2[C@@H]3CCC4=CC(=O)C=C[C@]4(C)C3=CC[C@]2(C)[C@@]1(O)C(=O)CO. The van der Waals surface area contributed by atoms with Gasteiger partial charge in [0, 0.05) is 10.8 Å². The predicted octanol–water partition coefficient (Wildman–Crippen LogP) is 3.92. The first-order valence-electron chi connectivity index (χ1n) is 11.2. The van der Waals surface area contributed by atoms with Gasteiger partial charge in [-0.25, -0.2) is 0 Å². The molecular weight excluding hydrogens is 364 g/mol. The van der Waals surface area contributed by atoms with E-state index >= 15 is 0 Å². The third-order valence-corrected chi connectivity index (χ3v) is 8.81. The smallest absolute Gasteiger partial charge is 0.190 e. The van der Waals surface area contributed by atoms with Gasteiger partial charge < -0.3 is 10.2 Å². The number of allylic oxidation sites excluding steroid dienone is 6. The summed E-state index contributed by atoms with van der Waals surface area (Å²) in [6, 6.07) is 0. The average Bonchev–Trinajstić information content (AvgIpc) is 2.94. The van der Waals surface area contributed by atoms with Gasteiger partial charge in [-0.2, -0.15) is 0 Å². The molecule has 4 aliphatic carbocycles. The first-order chi connectivity index (χ1) is 13.7. The van der Waals surface area contributed by atoms with Gasteiger partial charge in [0.1, 0.15) is 12.2 Å². The lowest BCUT2D eigenvalue weighted by Crippen LogP contribution is -2.57. The van der Waals surface area contributed by atoms with Crippen LogP contribution in [0.15, 0.2) is 35.5 Å². The van der Waals surface area contributed by atoms with Crippen molar-refractivity contribution in [3.63, 3.8) is 0 Å². The lowest BCUT2D eigenvalue weighted by atomic mass is 9.51. The van der Waals surface area contributed by atoms with Crippen LogP contribution < -0.4 is 0 Å². The Labute approximate surface area is 173 Å². The molecule has 2 N–H and O–H groups in total. The Morgan fingerprint density at radius 3 is 2.76 bits per heavy atom. The zero-order chi connectivity index (χ0) is 21.0. The highest BCUT2D eigenvalue weighted by Gasteiger charge is 2.67. The fraction of sp³-hybridized carbons (Fsp3) is 0.680. The van der Waals surface area contributed by atoms with Gasteiger partial charge in [-0.05, 0) is 68.9 Å². The molecule has 0 aromatic heterocycles. The Morgan fingerprint density at radius 1 is 1.31 bits per heavy atom. The van der Waals surface area contributed by atoms with Crippen LogP contribution in [0.25, 0.3) is 0 Å². The Bertz CT molecular complexity index is 821. The van der Waals surface area contributed by atoms with E-state index in [1.165, 1.54) is 11.1 Å². The summed E-state index contributed by atoms with van der Waals surface area (Å²) >= 11 is 0. The highest BCUT2D eigenvalue weighted by molar-refractivity contribution is 6.01. The van der Waals surface area contributed by atoms with Crippen LogP contribution in [0.2, 0.25) is 0 Å². The van der Waals surface area contributed by atoms with Gasteiger partial charge in [0.2, 0.25) is 0 Å². The molecule has 2 saturated carbocycles. The molecule has 4 rings (SSSR count). The molecule has 0 aliphatic heterocycles. The molecule has 0 amide bonds. The monoisotopic (exact) mass is 398 g/mol. The number of fused-ring (bicyclic) bond motifs is 5. The lowest BCUT2D eigenvalue weighted by molar-refractivity contribution is -0.162. The molecular formula is C25H34O4. The van der Waals surface area contributed by atoms with Crippen molar-refractivity contribution in [3.05, 3.63) is 35.5 Å². The summed E-state index contributed by atoms with van der Waals surface area (Å²) in [7, 11) is 0. The van der Waals surface area contributed by atoms with Crippen molar-refractivity contribution in [2.24, 2.45) is 28.6 Å². The van der Waals surface area contributed by atoms with Gasteiger partial charge in [-0.3, -0.25) is 9.59 Å². The standard InChI is InChI=1S/C25H34O4/c1-4-5-6-17-14-21-19-8-7-16-13-18(27)9-11-23(16,2)20(19)10-12-24(21,3)25(17,29)22(28)15-26/h9-11,13,17,19,21,26,29H,4-8,12,14-15H2,1-3H3/t17-,19+,21-,23-,24-,25-/m0/s1. The van der Waals surface area contributed by atoms with Crippen LogP contribution in [0, 0.1) is 28.6 Å². The number of ketones is 2. The minimum Gasteiger partial charge on any atom is -0.388 e. The van der Waals surface area contributed by atoms with Gasteiger partial charge in [0.05, 0.1) is 0 Å². The van der Waals surface area contributed by atoms with Crippen molar-refractivity contribution >= 4 is 11.6 Å². The molecule has 0 aromatic rings. The summed E-state index contributed by atoms with van der Waals surface area (Å²) in [5.74, 6) is 0.0810. The number of unbranched alkanes of at least 4 members (excludes halogenated alkanes) is 1. The van der Waals surface area contributed by atoms with E-state index in [1.807, 2.05) is 0 Å². The summed E-state index contributed by atoms with van der Waals surface area (Å²) < 4.78 is 0. The molecule has 6 atom stereocenters. The second-order valence-electron chi connectivity index (χ2n) is 10.1. The number of carbonyl (C=O) groups excluding carboxylic acids is 2. The number of aliphatic hydroxyl groups excluding tert-OH is 1. The fourth-order valence-electron chi connectivity index (χ4n) is 7.14. The van der Waals surface area contributed by atoms with E-state index < -0.39 is 23.4 Å². The molecule has 0 radical (unpaired) electrons. The van der Waals surface area contributed by atoms with E-state index in [4.69, 9.17) is 0 Å². The van der Waals surface area contributed by atoms with Crippen LogP contribution in [0.3, 0.4) is 0 Å². The van der Waals surface area contributed by atoms with Gasteiger partial charge in [-0.1, -0.05) is 50.0 Å². The van der Waals surface area contributed by atoms with Gasteiger partial charge in [-0.15, -0.1) is 0 Å². The topological polar surface area (TPSA) is 74.6 Å². The van der Waals surface area contributed by atoms with Crippen molar-refractivity contribution in [2.75, 3.05) is 6.61 Å². The average molecular weight is 399 g/mol. The molecule has 4 nitrogen and oxygen atoms in total. The van der Waals surface area contributed by atoms with Crippen molar-refractivity contribution in [2.45, 2.75) is 71.3 Å². The molecule has 29 heavy (non-hydrogen) atoms. The van der Waals surface area contributed by atoms with E-state index in [2.05, 4.69) is 32.9 Å². The Hall–Kier alpha value is -1.52. The first kappa shape index (κ1) is 20.7. The fourth-order valence-corrected chi connectivity index (χ4v) is 7.14. The maximum atomic E-state index is 12.9. The van der Waals surface area contributed by atoms with Crippen molar-refractivity contribution in [1.82, 2.24) is 0 Å². The summed E-state index contributed by atoms with van der Waals surface area (Å²) in [5, 5.41) is 21.5. The van der Waals surface area contributed by atoms with E-state index in [0.29, 0.717) is 12.3 Å². The zero-order valence-electron chi connectivity index (χ0n) is 17.9. The number of carbonyl (C=O) groups is 2. The van der Waals surface area contributed by atoms with Crippen LogP contribution in [0.1, 0.15) is 65.7 Å². The van der Waals surface area contributed by atoms with E-state index in [-0.39, 0.29) is 23.0 Å². The Morgan fingerprint density at radius 2 is 2.07 bits per heavy atom. The Balaban J connectivity index is 1.76. The van der Waals surface area contributed by atoms with Gasteiger partial charge in [0.25, 0.3) is 0 Å². The van der Waals surface area contributed by atoms with Crippen LogP contribution >= 0.6 is 0 Å². The lowest BCUT2D eigenvalue weighted by Gasteiger charge is -2.53. The second kappa shape index (κ2) is 7.02. The van der Waals surface area contributed by atoms with Crippen LogP contribution in [-0.2, 0) is 9.59 Å². The molecule has 2 fully saturated rings. The highest BCUT2D eigenvalue weighted by Crippen LogP contribution is 2.67. The summed E-state index contributed by atoms with van der Waals surface area (Å²) in [4.78, 5) is 24.8. The highest BCUT2D eigenvalue weighted by atomic mass is 16.3. The first-order valence-corrected chi connectivity index (χ1v) is 11.2. The maximum absolute atomic E-state index is 12.9. The normalized spacial score (nSPS) is 43.2. The van der Waals surface area contributed by atoms with Crippen molar-refractivity contribution in [1.29, 1.82) is 0 Å². The van der Waals surface area contributed by atoms with Gasteiger partial charge in [0.15, 0.2) is 11.6 Å². The minimum absolute atomic E-state index is 0.0700. The Kier molecular flexibility index (Phi) is 5.02. The molecule has 0 unspecified atom stereocenters. The van der Waals surface area contributed by atoms with Crippen LogP contribution in [0.5, 0.6) is 0 Å². The molecule has 0 saturated heterocycles. The van der Waals surface area contributed by atoms with Crippen molar-refractivity contribution < 1.29 is 19.8 Å². The number of hydrogen-bond donors (Lipinski definition) is 2. The summed E-state index contributed by atoms with van der Waals surface area (Å²) in [5.41, 5.74) is 0.317. The summed E-state index contributed by atoms with van der Waals surface area (Å²) in [6.07, 6.45) is 13.9. The van der Waals surface area contributed by atoms with Crippen LogP contribution in [0.4, 0.5) is 0 Å². The molecule has 0 spiro atoms. The number of rotatable bonds is 5. The molecule has 4 aliphatic rings. The zero-order valence-corrected chi connectivity index (χ0v) is 17.9. The third-order valence-electron chi connectivity index (χ3n) is 8.81.